The third-order valence-corrected chi connectivity index (χ3v) is 7.48. The highest BCUT2D eigenvalue weighted by Crippen LogP contribution is 2.39. The predicted octanol–water partition coefficient (Wildman–Crippen LogP) is 3.41. The third-order valence-electron chi connectivity index (χ3n) is 5.31. The second-order valence-electron chi connectivity index (χ2n) is 7.01. The lowest BCUT2D eigenvalue weighted by atomic mass is 9.67. The standard InChI is InChI=1S/C18H23N3OS2/c19-13-8-11-4-3-5-12(9-13)17(11)21-16(22)10-23-18-20-14-6-1-2-7-15(14)24-18/h1-2,6-7,11-13,17H,3-5,8-10,19H2,(H,21,22). The Balaban J connectivity index is 1.35. The SMILES string of the molecule is NC1CC2CCCC(C1)C2NC(=O)CSc1nc2ccccc2s1. The second kappa shape index (κ2) is 7.02. The fourth-order valence-electron chi connectivity index (χ4n) is 4.29. The maximum atomic E-state index is 12.4. The minimum absolute atomic E-state index is 0.136. The van der Waals surface area contributed by atoms with Crippen molar-refractivity contribution < 1.29 is 4.79 Å². The van der Waals surface area contributed by atoms with Crippen LogP contribution in [0.5, 0.6) is 0 Å². The fraction of sp³-hybridized carbons (Fsp3) is 0.556. The highest BCUT2D eigenvalue weighted by atomic mass is 32.2. The first-order valence-corrected chi connectivity index (χ1v) is 10.5. The normalized spacial score (nSPS) is 29.5. The monoisotopic (exact) mass is 361 g/mol. The summed E-state index contributed by atoms with van der Waals surface area (Å²) < 4.78 is 2.15. The number of nitrogens with two attached hydrogens (primary N) is 1. The van der Waals surface area contributed by atoms with Crippen LogP contribution in [-0.2, 0) is 4.79 Å². The molecule has 0 saturated heterocycles. The van der Waals surface area contributed by atoms with Gasteiger partial charge in [0.2, 0.25) is 5.91 Å². The van der Waals surface area contributed by atoms with Crippen LogP contribution in [0.3, 0.4) is 0 Å². The molecule has 2 aliphatic rings. The van der Waals surface area contributed by atoms with Crippen LogP contribution < -0.4 is 11.1 Å². The Kier molecular flexibility index (Phi) is 4.79. The number of para-hydroxylation sites is 1. The van der Waals surface area contributed by atoms with Gasteiger partial charge in [-0.15, -0.1) is 11.3 Å². The number of rotatable bonds is 4. The van der Waals surface area contributed by atoms with Crippen LogP contribution in [0.1, 0.15) is 32.1 Å². The van der Waals surface area contributed by atoms with E-state index in [1.54, 1.807) is 23.1 Å². The van der Waals surface area contributed by atoms with Crippen molar-refractivity contribution in [1.82, 2.24) is 10.3 Å². The number of carbonyl (C=O) groups excluding carboxylic acids is 1. The number of aromatic nitrogens is 1. The lowest BCUT2D eigenvalue weighted by Gasteiger charge is -2.45. The van der Waals surface area contributed by atoms with E-state index in [0.717, 1.165) is 22.7 Å². The van der Waals surface area contributed by atoms with Crippen molar-refractivity contribution in [3.8, 4) is 0 Å². The maximum Gasteiger partial charge on any atom is 0.230 e. The maximum absolute atomic E-state index is 12.4. The van der Waals surface area contributed by atoms with E-state index in [-0.39, 0.29) is 5.91 Å². The van der Waals surface area contributed by atoms with Gasteiger partial charge >= 0.3 is 0 Å². The third kappa shape index (κ3) is 3.46. The minimum atomic E-state index is 0.136. The zero-order valence-corrected chi connectivity index (χ0v) is 15.2. The van der Waals surface area contributed by atoms with Gasteiger partial charge in [0, 0.05) is 12.1 Å². The van der Waals surface area contributed by atoms with Crippen molar-refractivity contribution in [2.45, 2.75) is 48.5 Å². The summed E-state index contributed by atoms with van der Waals surface area (Å²) in [4.78, 5) is 17.0. The number of thioether (sulfide) groups is 1. The van der Waals surface area contributed by atoms with Crippen LogP contribution in [0.2, 0.25) is 0 Å². The average Bonchev–Trinajstić information content (AvgIpc) is 2.97. The molecule has 2 atom stereocenters. The largest absolute Gasteiger partial charge is 0.352 e. The number of fused-ring (bicyclic) bond motifs is 3. The molecule has 128 valence electrons. The van der Waals surface area contributed by atoms with Crippen LogP contribution in [0, 0.1) is 11.8 Å². The van der Waals surface area contributed by atoms with Crippen molar-refractivity contribution >= 4 is 39.2 Å². The lowest BCUT2D eigenvalue weighted by Crippen LogP contribution is -2.54. The molecule has 24 heavy (non-hydrogen) atoms. The van der Waals surface area contributed by atoms with E-state index >= 15 is 0 Å². The molecule has 0 spiro atoms. The first-order valence-electron chi connectivity index (χ1n) is 8.72. The van der Waals surface area contributed by atoms with Gasteiger partial charge in [0.25, 0.3) is 0 Å². The average molecular weight is 362 g/mol. The molecule has 4 rings (SSSR count). The van der Waals surface area contributed by atoms with Crippen molar-refractivity contribution in [2.75, 3.05) is 5.75 Å². The van der Waals surface area contributed by atoms with E-state index in [2.05, 4.69) is 16.4 Å². The number of hydrogen-bond donors (Lipinski definition) is 2. The second-order valence-corrected chi connectivity index (χ2v) is 9.27. The van der Waals surface area contributed by atoms with E-state index in [1.165, 1.54) is 24.0 Å². The number of nitrogens with one attached hydrogen (secondary N) is 1. The Morgan fingerprint density at radius 3 is 2.79 bits per heavy atom. The van der Waals surface area contributed by atoms with Gasteiger partial charge in [-0.05, 0) is 49.7 Å². The Morgan fingerprint density at radius 1 is 1.29 bits per heavy atom. The Bertz CT molecular complexity index is 685. The number of amides is 1. The summed E-state index contributed by atoms with van der Waals surface area (Å²) in [6.45, 7) is 0. The van der Waals surface area contributed by atoms with E-state index in [9.17, 15) is 4.79 Å². The minimum Gasteiger partial charge on any atom is -0.352 e. The molecule has 4 nitrogen and oxygen atoms in total. The molecular formula is C18H23N3OS2. The number of benzene rings is 1. The zero-order valence-electron chi connectivity index (χ0n) is 13.6. The molecule has 2 aliphatic carbocycles. The molecule has 1 aromatic heterocycles. The number of carbonyl (C=O) groups is 1. The number of hydrogen-bond acceptors (Lipinski definition) is 5. The van der Waals surface area contributed by atoms with Crippen molar-refractivity contribution in [3.63, 3.8) is 0 Å². The summed E-state index contributed by atoms with van der Waals surface area (Å²) in [6, 6.07) is 8.77. The van der Waals surface area contributed by atoms with Gasteiger partial charge in [-0.2, -0.15) is 0 Å². The molecule has 0 radical (unpaired) electrons. The summed E-state index contributed by atoms with van der Waals surface area (Å²) in [5.41, 5.74) is 7.18. The predicted molar refractivity (Wildman–Crippen MR) is 100 cm³/mol. The molecule has 6 heteroatoms. The topological polar surface area (TPSA) is 68.0 Å². The van der Waals surface area contributed by atoms with E-state index in [0.29, 0.717) is 29.7 Å². The van der Waals surface area contributed by atoms with Crippen LogP contribution in [0.4, 0.5) is 0 Å². The van der Waals surface area contributed by atoms with Crippen LogP contribution in [0.15, 0.2) is 28.6 Å². The van der Waals surface area contributed by atoms with Gasteiger partial charge in [0.05, 0.1) is 16.0 Å². The summed E-state index contributed by atoms with van der Waals surface area (Å²) >= 11 is 3.20. The quantitative estimate of drug-likeness (QED) is 0.819. The molecule has 2 aromatic rings. The smallest absolute Gasteiger partial charge is 0.230 e. The van der Waals surface area contributed by atoms with E-state index in [1.807, 2.05) is 18.2 Å². The summed E-state index contributed by atoms with van der Waals surface area (Å²) in [5.74, 6) is 1.73. The molecule has 1 amide bonds. The first kappa shape index (κ1) is 16.4. The summed E-state index contributed by atoms with van der Waals surface area (Å²) in [7, 11) is 0. The first-order chi connectivity index (χ1) is 11.7. The van der Waals surface area contributed by atoms with Crippen LogP contribution >= 0.6 is 23.1 Å². The molecule has 3 N–H and O–H groups in total. The molecule has 2 fully saturated rings. The molecule has 2 bridgehead atoms. The highest BCUT2D eigenvalue weighted by molar-refractivity contribution is 8.01. The lowest BCUT2D eigenvalue weighted by molar-refractivity contribution is -0.120. The van der Waals surface area contributed by atoms with Gasteiger partial charge < -0.3 is 11.1 Å². The van der Waals surface area contributed by atoms with Gasteiger partial charge in [-0.25, -0.2) is 4.98 Å². The Labute approximate surface area is 150 Å². The van der Waals surface area contributed by atoms with Crippen LogP contribution in [-0.4, -0.2) is 28.7 Å². The highest BCUT2D eigenvalue weighted by Gasteiger charge is 2.39. The van der Waals surface area contributed by atoms with Gasteiger partial charge in [-0.1, -0.05) is 30.3 Å². The molecule has 2 unspecified atom stereocenters. The molecule has 0 aliphatic heterocycles. The molecular weight excluding hydrogens is 338 g/mol. The Morgan fingerprint density at radius 2 is 2.04 bits per heavy atom. The van der Waals surface area contributed by atoms with Gasteiger partial charge in [-0.3, -0.25) is 4.79 Å². The Hall–Kier alpha value is -1.11. The fourth-order valence-corrected chi connectivity index (χ4v) is 6.17. The van der Waals surface area contributed by atoms with E-state index < -0.39 is 0 Å². The van der Waals surface area contributed by atoms with Crippen molar-refractivity contribution in [2.24, 2.45) is 17.6 Å². The van der Waals surface area contributed by atoms with Gasteiger partial charge in [0.1, 0.15) is 0 Å². The van der Waals surface area contributed by atoms with Crippen LogP contribution in [0.25, 0.3) is 10.2 Å². The summed E-state index contributed by atoms with van der Waals surface area (Å²) in [6.07, 6.45) is 5.83. The molecule has 2 saturated carbocycles. The molecule has 1 aromatic carbocycles. The number of thiazole rings is 1. The molecule has 1 heterocycles. The van der Waals surface area contributed by atoms with Gasteiger partial charge in [0.15, 0.2) is 4.34 Å². The van der Waals surface area contributed by atoms with Crippen molar-refractivity contribution in [1.29, 1.82) is 0 Å². The number of nitrogens with zero attached hydrogens (tertiary/aromatic N) is 1. The van der Waals surface area contributed by atoms with Crippen molar-refractivity contribution in [3.05, 3.63) is 24.3 Å². The van der Waals surface area contributed by atoms with E-state index in [4.69, 9.17) is 5.73 Å². The zero-order chi connectivity index (χ0) is 16.5. The summed E-state index contributed by atoms with van der Waals surface area (Å²) in [5, 5.41) is 3.31.